The summed E-state index contributed by atoms with van der Waals surface area (Å²) in [5, 5.41) is 12.3. The van der Waals surface area contributed by atoms with Crippen LogP contribution in [0.1, 0.15) is 33.1 Å². The van der Waals surface area contributed by atoms with Gasteiger partial charge in [0.2, 0.25) is 0 Å². The molecule has 10 heavy (non-hydrogen) atoms. The Labute approximate surface area is 62.6 Å². The maximum atomic E-state index is 8.97. The van der Waals surface area contributed by atoms with Crippen LogP contribution in [0.15, 0.2) is 0 Å². The molecule has 0 spiro atoms. The van der Waals surface area contributed by atoms with E-state index in [0.717, 1.165) is 6.54 Å². The molecule has 0 amide bonds. The molecule has 1 aliphatic rings. The molecule has 1 fully saturated rings. The largest absolute Gasteiger partial charge is 0.392 e. The number of hydrogen-bond acceptors (Lipinski definition) is 2. The van der Waals surface area contributed by atoms with Gasteiger partial charge in [-0.2, -0.15) is 0 Å². The van der Waals surface area contributed by atoms with E-state index in [1.807, 2.05) is 6.92 Å². The molecule has 0 aliphatic heterocycles. The zero-order chi connectivity index (χ0) is 7.61. The van der Waals surface area contributed by atoms with Crippen LogP contribution in [-0.2, 0) is 0 Å². The van der Waals surface area contributed by atoms with E-state index >= 15 is 0 Å². The fourth-order valence-electron chi connectivity index (χ4n) is 1.28. The van der Waals surface area contributed by atoms with E-state index in [2.05, 4.69) is 12.2 Å². The maximum absolute atomic E-state index is 8.97. The first-order valence-corrected chi connectivity index (χ1v) is 4.05. The Bertz CT molecular complexity index is 108. The summed E-state index contributed by atoms with van der Waals surface area (Å²) in [4.78, 5) is 0. The molecule has 2 N–H and O–H groups in total. The second-order valence-corrected chi connectivity index (χ2v) is 3.64. The fourth-order valence-corrected chi connectivity index (χ4v) is 1.28. The van der Waals surface area contributed by atoms with Gasteiger partial charge in [-0.1, -0.05) is 0 Å². The number of aliphatic hydroxyl groups is 1. The molecule has 60 valence electrons. The average Bonchev–Trinajstić information content (AvgIpc) is 1.79. The maximum Gasteiger partial charge on any atom is 0.0636 e. The van der Waals surface area contributed by atoms with Crippen LogP contribution in [0.5, 0.6) is 0 Å². The summed E-state index contributed by atoms with van der Waals surface area (Å²) in [6.07, 6.45) is 3.65. The smallest absolute Gasteiger partial charge is 0.0636 e. The Morgan fingerprint density at radius 2 is 2.20 bits per heavy atom. The zero-order valence-corrected chi connectivity index (χ0v) is 6.85. The van der Waals surface area contributed by atoms with Gasteiger partial charge in [0, 0.05) is 12.1 Å². The van der Waals surface area contributed by atoms with Gasteiger partial charge in [-0.05, 0) is 33.1 Å². The summed E-state index contributed by atoms with van der Waals surface area (Å²) in [6, 6.07) is 0. The molecule has 0 aromatic heterocycles. The van der Waals surface area contributed by atoms with E-state index in [-0.39, 0.29) is 6.10 Å². The van der Waals surface area contributed by atoms with Crippen molar-refractivity contribution in [1.29, 1.82) is 0 Å². The highest BCUT2D eigenvalue weighted by atomic mass is 16.3. The van der Waals surface area contributed by atoms with Crippen LogP contribution in [0.2, 0.25) is 0 Å². The highest BCUT2D eigenvalue weighted by Gasteiger charge is 2.30. The molecule has 1 atom stereocenters. The fraction of sp³-hybridized carbons (Fsp3) is 1.00. The number of rotatable bonds is 3. The predicted octanol–water partition coefficient (Wildman–Crippen LogP) is 0.899. The monoisotopic (exact) mass is 143 g/mol. The van der Waals surface area contributed by atoms with Gasteiger partial charge in [0.05, 0.1) is 6.10 Å². The van der Waals surface area contributed by atoms with Crippen molar-refractivity contribution in [2.45, 2.75) is 44.8 Å². The zero-order valence-electron chi connectivity index (χ0n) is 6.85. The van der Waals surface area contributed by atoms with Crippen molar-refractivity contribution in [3.63, 3.8) is 0 Å². The summed E-state index contributed by atoms with van der Waals surface area (Å²) in [6.45, 7) is 4.77. The van der Waals surface area contributed by atoms with Crippen molar-refractivity contribution in [2.24, 2.45) is 0 Å². The van der Waals surface area contributed by atoms with E-state index in [1.54, 1.807) is 0 Å². The third-order valence-electron chi connectivity index (χ3n) is 2.28. The summed E-state index contributed by atoms with van der Waals surface area (Å²) in [5.74, 6) is 0. The van der Waals surface area contributed by atoms with Crippen molar-refractivity contribution in [1.82, 2.24) is 5.32 Å². The number of β-amino-alcohol motifs (C(OH)–C–C–N with tert-alkyl or cyclic N) is 1. The SMILES string of the molecule is C[C@@H](O)CNC1(C)CCC1. The van der Waals surface area contributed by atoms with Crippen molar-refractivity contribution in [3.05, 3.63) is 0 Å². The van der Waals surface area contributed by atoms with Crippen LogP contribution >= 0.6 is 0 Å². The van der Waals surface area contributed by atoms with Crippen LogP contribution in [0.3, 0.4) is 0 Å². The summed E-state index contributed by atoms with van der Waals surface area (Å²) < 4.78 is 0. The van der Waals surface area contributed by atoms with Gasteiger partial charge in [0.15, 0.2) is 0 Å². The van der Waals surface area contributed by atoms with Gasteiger partial charge in [0.1, 0.15) is 0 Å². The first kappa shape index (κ1) is 8.02. The van der Waals surface area contributed by atoms with E-state index in [1.165, 1.54) is 19.3 Å². The minimum atomic E-state index is -0.211. The van der Waals surface area contributed by atoms with Crippen LogP contribution in [0.4, 0.5) is 0 Å². The quantitative estimate of drug-likeness (QED) is 0.615. The van der Waals surface area contributed by atoms with Gasteiger partial charge in [0.25, 0.3) is 0 Å². The lowest BCUT2D eigenvalue weighted by atomic mass is 9.78. The molecule has 0 aromatic rings. The molecule has 0 saturated heterocycles. The minimum Gasteiger partial charge on any atom is -0.392 e. The predicted molar refractivity (Wildman–Crippen MR) is 41.9 cm³/mol. The van der Waals surface area contributed by atoms with Gasteiger partial charge < -0.3 is 10.4 Å². The molecule has 0 unspecified atom stereocenters. The Balaban J connectivity index is 2.12. The first-order valence-electron chi connectivity index (χ1n) is 4.05. The molecule has 2 nitrogen and oxygen atoms in total. The molecule has 0 radical (unpaired) electrons. The van der Waals surface area contributed by atoms with Crippen molar-refractivity contribution in [2.75, 3.05) is 6.54 Å². The molecule has 1 saturated carbocycles. The highest BCUT2D eigenvalue weighted by molar-refractivity contribution is 4.91. The van der Waals surface area contributed by atoms with E-state index in [4.69, 9.17) is 5.11 Å². The van der Waals surface area contributed by atoms with Gasteiger partial charge in [-0.25, -0.2) is 0 Å². The summed E-state index contributed by atoms with van der Waals surface area (Å²) in [5.41, 5.74) is 0.344. The molecule has 2 heteroatoms. The van der Waals surface area contributed by atoms with Crippen LogP contribution in [0, 0.1) is 0 Å². The van der Waals surface area contributed by atoms with Crippen molar-refractivity contribution < 1.29 is 5.11 Å². The molecule has 0 bridgehead atoms. The molecular weight excluding hydrogens is 126 g/mol. The Hall–Kier alpha value is -0.0800. The Morgan fingerprint density at radius 1 is 1.60 bits per heavy atom. The summed E-state index contributed by atoms with van der Waals surface area (Å²) in [7, 11) is 0. The number of nitrogens with one attached hydrogen (secondary N) is 1. The second kappa shape index (κ2) is 2.89. The van der Waals surface area contributed by atoms with Crippen LogP contribution in [-0.4, -0.2) is 23.3 Å². The van der Waals surface area contributed by atoms with E-state index in [9.17, 15) is 0 Å². The van der Waals surface area contributed by atoms with Crippen molar-refractivity contribution >= 4 is 0 Å². The van der Waals surface area contributed by atoms with E-state index < -0.39 is 0 Å². The molecule has 0 aromatic carbocycles. The summed E-state index contributed by atoms with van der Waals surface area (Å²) >= 11 is 0. The van der Waals surface area contributed by atoms with Gasteiger partial charge in [-0.3, -0.25) is 0 Å². The highest BCUT2D eigenvalue weighted by Crippen LogP contribution is 2.30. The average molecular weight is 143 g/mol. The molecule has 1 rings (SSSR count). The Kier molecular flexibility index (Phi) is 2.32. The third-order valence-corrected chi connectivity index (χ3v) is 2.28. The van der Waals surface area contributed by atoms with Crippen LogP contribution < -0.4 is 5.32 Å². The molecular formula is C8H17NO. The standard InChI is InChI=1S/C8H17NO/c1-7(10)6-9-8(2)4-3-5-8/h7,9-10H,3-6H2,1-2H3/t7-/m1/s1. The van der Waals surface area contributed by atoms with Gasteiger partial charge >= 0.3 is 0 Å². The topological polar surface area (TPSA) is 32.3 Å². The Morgan fingerprint density at radius 3 is 2.50 bits per heavy atom. The lowest BCUT2D eigenvalue weighted by Gasteiger charge is -2.39. The first-order chi connectivity index (χ1) is 4.62. The lowest BCUT2D eigenvalue weighted by Crippen LogP contribution is -2.50. The minimum absolute atomic E-state index is 0.211. The lowest BCUT2D eigenvalue weighted by molar-refractivity contribution is 0.143. The molecule has 1 aliphatic carbocycles. The normalized spacial score (nSPS) is 25.5. The van der Waals surface area contributed by atoms with Gasteiger partial charge in [-0.15, -0.1) is 0 Å². The van der Waals surface area contributed by atoms with E-state index in [0.29, 0.717) is 5.54 Å². The third kappa shape index (κ3) is 1.96. The number of aliphatic hydroxyl groups excluding tert-OH is 1. The second-order valence-electron chi connectivity index (χ2n) is 3.64. The molecule has 0 heterocycles. The van der Waals surface area contributed by atoms with Crippen LogP contribution in [0.25, 0.3) is 0 Å². The van der Waals surface area contributed by atoms with Crippen molar-refractivity contribution in [3.8, 4) is 0 Å². The number of hydrogen-bond donors (Lipinski definition) is 2.